The quantitative estimate of drug-likeness (QED) is 0.592. The zero-order valence-electron chi connectivity index (χ0n) is 15.0. The SMILES string of the molecule is COCc1ccc(N(C(=O)OC(C)(C)C)c2ccncn2)c([N+](=O)[O-])c1. The van der Waals surface area contributed by atoms with Crippen LogP contribution in [0.3, 0.4) is 0 Å². The number of nitrogens with zero attached hydrogens (tertiary/aromatic N) is 4. The van der Waals surface area contributed by atoms with Gasteiger partial charge in [0.05, 0.1) is 11.5 Å². The van der Waals surface area contributed by atoms with Gasteiger partial charge in [0.25, 0.3) is 5.69 Å². The summed E-state index contributed by atoms with van der Waals surface area (Å²) in [6.45, 7) is 5.33. The van der Waals surface area contributed by atoms with Gasteiger partial charge >= 0.3 is 6.09 Å². The van der Waals surface area contributed by atoms with Gasteiger partial charge in [-0.15, -0.1) is 0 Å². The molecule has 0 radical (unpaired) electrons. The zero-order valence-corrected chi connectivity index (χ0v) is 15.0. The molecule has 0 aliphatic carbocycles. The number of hydrogen-bond acceptors (Lipinski definition) is 7. The molecule has 0 aliphatic rings. The van der Waals surface area contributed by atoms with Crippen LogP contribution >= 0.6 is 0 Å². The Labute approximate surface area is 150 Å². The van der Waals surface area contributed by atoms with Crippen molar-refractivity contribution in [3.05, 3.63) is 52.5 Å². The van der Waals surface area contributed by atoms with Crippen LogP contribution in [0.1, 0.15) is 26.3 Å². The fourth-order valence-corrected chi connectivity index (χ4v) is 2.20. The van der Waals surface area contributed by atoms with Crippen LogP contribution in [-0.4, -0.2) is 33.7 Å². The molecule has 0 saturated heterocycles. The number of anilines is 2. The molecule has 1 aromatic carbocycles. The van der Waals surface area contributed by atoms with Crippen LogP contribution in [0.15, 0.2) is 36.8 Å². The number of nitro benzene ring substituents is 1. The van der Waals surface area contributed by atoms with Gasteiger partial charge in [-0.3, -0.25) is 10.1 Å². The van der Waals surface area contributed by atoms with Gasteiger partial charge in [-0.1, -0.05) is 6.07 Å². The van der Waals surface area contributed by atoms with Crippen LogP contribution in [-0.2, 0) is 16.1 Å². The van der Waals surface area contributed by atoms with Gasteiger partial charge in [-0.25, -0.2) is 19.7 Å². The Balaban J connectivity index is 2.58. The number of methoxy groups -OCH3 is 1. The van der Waals surface area contributed by atoms with Crippen LogP contribution in [0, 0.1) is 10.1 Å². The molecule has 1 aromatic heterocycles. The summed E-state index contributed by atoms with van der Waals surface area (Å²) < 4.78 is 10.4. The lowest BCUT2D eigenvalue weighted by Gasteiger charge is -2.26. The predicted octanol–water partition coefficient (Wildman–Crippen LogP) is 3.60. The average molecular weight is 360 g/mol. The molecule has 0 bridgehead atoms. The molecule has 1 amide bonds. The number of rotatable bonds is 5. The molecule has 2 aromatic rings. The number of aromatic nitrogens is 2. The normalized spacial score (nSPS) is 11.1. The third-order valence-corrected chi connectivity index (χ3v) is 3.16. The molecule has 1 heterocycles. The number of hydrogen-bond donors (Lipinski definition) is 0. The van der Waals surface area contributed by atoms with Crippen molar-refractivity contribution in [2.24, 2.45) is 0 Å². The molecule has 9 nitrogen and oxygen atoms in total. The smallest absolute Gasteiger partial charge is 0.420 e. The van der Waals surface area contributed by atoms with Crippen LogP contribution in [0.2, 0.25) is 0 Å². The predicted molar refractivity (Wildman–Crippen MR) is 94.2 cm³/mol. The summed E-state index contributed by atoms with van der Waals surface area (Å²) in [4.78, 5) is 32.7. The first kappa shape index (κ1) is 19.3. The maximum atomic E-state index is 12.7. The fraction of sp³-hybridized carbons (Fsp3) is 0.353. The van der Waals surface area contributed by atoms with Crippen molar-refractivity contribution in [3.63, 3.8) is 0 Å². The zero-order chi connectivity index (χ0) is 19.3. The maximum absolute atomic E-state index is 12.7. The number of nitro groups is 1. The average Bonchev–Trinajstić information content (AvgIpc) is 2.55. The van der Waals surface area contributed by atoms with Gasteiger partial charge < -0.3 is 9.47 Å². The van der Waals surface area contributed by atoms with E-state index in [1.807, 2.05) is 0 Å². The van der Waals surface area contributed by atoms with E-state index < -0.39 is 16.6 Å². The molecular formula is C17H20N4O5. The molecule has 2 rings (SSSR count). The van der Waals surface area contributed by atoms with Crippen LogP contribution in [0.25, 0.3) is 0 Å². The molecule has 9 heteroatoms. The molecule has 0 aliphatic heterocycles. The minimum atomic E-state index is -0.785. The highest BCUT2D eigenvalue weighted by Gasteiger charge is 2.31. The van der Waals surface area contributed by atoms with Crippen LogP contribution in [0.4, 0.5) is 22.0 Å². The molecule has 0 N–H and O–H groups in total. The maximum Gasteiger partial charge on any atom is 0.420 e. The minimum absolute atomic E-state index is 0.0443. The van der Waals surface area contributed by atoms with Gasteiger partial charge in [-0.05, 0) is 38.5 Å². The van der Waals surface area contributed by atoms with Gasteiger partial charge in [0.15, 0.2) is 0 Å². The Hall–Kier alpha value is -3.07. The molecule has 0 fully saturated rings. The lowest BCUT2D eigenvalue weighted by Crippen LogP contribution is -2.34. The monoisotopic (exact) mass is 360 g/mol. The first-order chi connectivity index (χ1) is 12.2. The highest BCUT2D eigenvalue weighted by Crippen LogP contribution is 2.34. The van der Waals surface area contributed by atoms with Crippen LogP contribution < -0.4 is 4.90 Å². The summed E-state index contributed by atoms with van der Waals surface area (Å²) in [5.74, 6) is 0.164. The van der Waals surface area contributed by atoms with Gasteiger partial charge in [0.1, 0.15) is 23.4 Å². The number of ether oxygens (including phenoxy) is 2. The largest absolute Gasteiger partial charge is 0.443 e. The molecule has 138 valence electrons. The van der Waals surface area contributed by atoms with E-state index in [1.54, 1.807) is 26.8 Å². The summed E-state index contributed by atoms with van der Waals surface area (Å²) in [6, 6.07) is 5.94. The topological polar surface area (TPSA) is 108 Å². The second-order valence-corrected chi connectivity index (χ2v) is 6.40. The van der Waals surface area contributed by atoms with Crippen molar-refractivity contribution < 1.29 is 19.2 Å². The Morgan fingerprint density at radius 1 is 1.31 bits per heavy atom. The summed E-state index contributed by atoms with van der Waals surface area (Å²) in [6.07, 6.45) is 1.90. The van der Waals surface area contributed by atoms with E-state index in [9.17, 15) is 14.9 Å². The lowest BCUT2D eigenvalue weighted by molar-refractivity contribution is -0.384. The first-order valence-electron chi connectivity index (χ1n) is 7.78. The van der Waals surface area contributed by atoms with E-state index in [1.165, 1.54) is 37.8 Å². The summed E-state index contributed by atoms with van der Waals surface area (Å²) in [5.41, 5.74) is -0.394. The first-order valence-corrected chi connectivity index (χ1v) is 7.78. The Morgan fingerprint density at radius 3 is 2.58 bits per heavy atom. The molecule has 0 unspecified atom stereocenters. The summed E-state index contributed by atoms with van der Waals surface area (Å²) in [7, 11) is 1.49. The number of amides is 1. The van der Waals surface area contributed by atoms with Gasteiger partial charge in [0, 0.05) is 19.4 Å². The van der Waals surface area contributed by atoms with E-state index in [4.69, 9.17) is 9.47 Å². The van der Waals surface area contributed by atoms with Gasteiger partial charge in [0.2, 0.25) is 0 Å². The van der Waals surface area contributed by atoms with E-state index >= 15 is 0 Å². The fourth-order valence-electron chi connectivity index (χ4n) is 2.20. The van der Waals surface area contributed by atoms with Crippen molar-refractivity contribution in [1.29, 1.82) is 0 Å². The molecular weight excluding hydrogens is 340 g/mol. The molecule has 26 heavy (non-hydrogen) atoms. The third kappa shape index (κ3) is 4.73. The Morgan fingerprint density at radius 2 is 2.04 bits per heavy atom. The minimum Gasteiger partial charge on any atom is -0.443 e. The highest BCUT2D eigenvalue weighted by atomic mass is 16.6. The summed E-state index contributed by atoms with van der Waals surface area (Å²) >= 11 is 0. The Bertz CT molecular complexity index is 789. The summed E-state index contributed by atoms with van der Waals surface area (Å²) in [5, 5.41) is 11.6. The Kier molecular flexibility index (Phi) is 5.83. The van der Waals surface area contributed by atoms with Crippen molar-refractivity contribution in [2.75, 3.05) is 12.0 Å². The van der Waals surface area contributed by atoms with E-state index in [-0.39, 0.29) is 23.8 Å². The van der Waals surface area contributed by atoms with Crippen molar-refractivity contribution in [2.45, 2.75) is 33.0 Å². The number of benzene rings is 1. The van der Waals surface area contributed by atoms with Crippen molar-refractivity contribution in [3.8, 4) is 0 Å². The van der Waals surface area contributed by atoms with E-state index in [0.717, 1.165) is 4.90 Å². The number of carbonyl (C=O) groups is 1. The van der Waals surface area contributed by atoms with E-state index in [0.29, 0.717) is 5.56 Å². The second kappa shape index (κ2) is 7.87. The molecule has 0 atom stereocenters. The van der Waals surface area contributed by atoms with Gasteiger partial charge in [-0.2, -0.15) is 0 Å². The van der Waals surface area contributed by atoms with Crippen LogP contribution in [0.5, 0.6) is 0 Å². The van der Waals surface area contributed by atoms with Crippen molar-refractivity contribution in [1.82, 2.24) is 9.97 Å². The van der Waals surface area contributed by atoms with E-state index in [2.05, 4.69) is 9.97 Å². The lowest BCUT2D eigenvalue weighted by atomic mass is 10.1. The number of carbonyl (C=O) groups excluding carboxylic acids is 1. The standard InChI is InChI=1S/C17H20N4O5/c1-17(2,3)26-16(22)20(15-7-8-18-11-19-15)13-6-5-12(10-25-4)9-14(13)21(23)24/h5-9,11H,10H2,1-4H3. The second-order valence-electron chi connectivity index (χ2n) is 6.40. The third-order valence-electron chi connectivity index (χ3n) is 3.16. The molecule has 0 saturated carbocycles. The van der Waals surface area contributed by atoms with Crippen molar-refractivity contribution >= 4 is 23.3 Å². The highest BCUT2D eigenvalue weighted by molar-refractivity contribution is 5.97. The molecule has 0 spiro atoms.